The van der Waals surface area contributed by atoms with E-state index in [2.05, 4.69) is 4.98 Å². The molecular weight excluding hydrogens is 285 g/mol. The molecule has 0 saturated carbocycles. The Morgan fingerprint density at radius 2 is 2.46 bits per heavy atom. The van der Waals surface area contributed by atoms with Crippen LogP contribution in [0.4, 0.5) is 0 Å². The molecule has 0 atom stereocenters. The number of hydrogen-bond donors (Lipinski definition) is 1. The summed E-state index contributed by atoms with van der Waals surface area (Å²) in [5.41, 5.74) is 0.174. The van der Waals surface area contributed by atoms with Crippen LogP contribution in [-0.2, 0) is 0 Å². The summed E-state index contributed by atoms with van der Waals surface area (Å²) in [5, 5.41) is 8.65. The fraction of sp³-hybridized carbons (Fsp3) is 0.250. The largest absolute Gasteiger partial charge is 0.478 e. The molecule has 0 spiro atoms. The Bertz CT molecular complexity index is 327. The molecule has 0 amide bonds. The summed E-state index contributed by atoms with van der Waals surface area (Å²) in [7, 11) is 0. The van der Waals surface area contributed by atoms with Crippen LogP contribution in [0.15, 0.2) is 12.3 Å². The number of carboxylic acid groups (broad SMARTS) is 1. The van der Waals surface area contributed by atoms with Gasteiger partial charge in [-0.25, -0.2) is 9.78 Å². The van der Waals surface area contributed by atoms with E-state index < -0.39 is 5.97 Å². The predicted molar refractivity (Wildman–Crippen MR) is 55.1 cm³/mol. The average Bonchev–Trinajstić information content (AvgIpc) is 2.08. The van der Waals surface area contributed by atoms with Gasteiger partial charge in [0.15, 0.2) is 0 Å². The number of rotatable bonds is 3. The standard InChI is InChI=1S/C8H8INO3/c1-2-13-7-6(9)3-5(4-10-7)8(11)12/h3-4H,2H2,1H3,(H,11,12). The molecule has 4 nitrogen and oxygen atoms in total. The zero-order chi connectivity index (χ0) is 9.84. The van der Waals surface area contributed by atoms with Crippen LogP contribution in [0, 0.1) is 3.57 Å². The second-order valence-electron chi connectivity index (χ2n) is 2.25. The minimum absolute atomic E-state index is 0.174. The van der Waals surface area contributed by atoms with Gasteiger partial charge in [-0.1, -0.05) is 0 Å². The summed E-state index contributed by atoms with van der Waals surface area (Å²) in [4.78, 5) is 14.4. The highest BCUT2D eigenvalue weighted by Crippen LogP contribution is 2.18. The van der Waals surface area contributed by atoms with Crippen molar-refractivity contribution in [3.63, 3.8) is 0 Å². The molecule has 0 radical (unpaired) electrons. The zero-order valence-electron chi connectivity index (χ0n) is 6.95. The van der Waals surface area contributed by atoms with Crippen LogP contribution in [0.3, 0.4) is 0 Å². The van der Waals surface area contributed by atoms with Crippen LogP contribution in [0.2, 0.25) is 0 Å². The van der Waals surface area contributed by atoms with E-state index in [0.29, 0.717) is 16.1 Å². The van der Waals surface area contributed by atoms with Crippen molar-refractivity contribution in [1.82, 2.24) is 4.98 Å². The Hall–Kier alpha value is -0.850. The molecule has 0 aliphatic carbocycles. The molecule has 5 heteroatoms. The molecule has 1 aromatic heterocycles. The van der Waals surface area contributed by atoms with E-state index in [0.717, 1.165) is 0 Å². The van der Waals surface area contributed by atoms with E-state index in [1.54, 1.807) is 0 Å². The molecule has 70 valence electrons. The first-order valence-electron chi connectivity index (χ1n) is 3.66. The van der Waals surface area contributed by atoms with Crippen molar-refractivity contribution in [2.75, 3.05) is 6.61 Å². The van der Waals surface area contributed by atoms with Crippen LogP contribution >= 0.6 is 22.6 Å². The highest BCUT2D eigenvalue weighted by molar-refractivity contribution is 14.1. The highest BCUT2D eigenvalue weighted by Gasteiger charge is 2.07. The first-order valence-corrected chi connectivity index (χ1v) is 4.74. The highest BCUT2D eigenvalue weighted by atomic mass is 127. The Labute approximate surface area is 89.1 Å². The van der Waals surface area contributed by atoms with Gasteiger partial charge in [0, 0.05) is 6.20 Å². The van der Waals surface area contributed by atoms with Crippen LogP contribution in [0.5, 0.6) is 5.88 Å². The zero-order valence-corrected chi connectivity index (χ0v) is 9.11. The first-order chi connectivity index (χ1) is 6.15. The Kier molecular flexibility index (Phi) is 3.47. The van der Waals surface area contributed by atoms with Crippen molar-refractivity contribution >= 4 is 28.6 Å². The van der Waals surface area contributed by atoms with Crippen molar-refractivity contribution in [2.24, 2.45) is 0 Å². The lowest BCUT2D eigenvalue weighted by Crippen LogP contribution is -2.01. The Morgan fingerprint density at radius 1 is 1.77 bits per heavy atom. The van der Waals surface area contributed by atoms with Gasteiger partial charge in [0.2, 0.25) is 5.88 Å². The molecule has 1 rings (SSSR count). The molecule has 0 saturated heterocycles. The Balaban J connectivity index is 2.98. The summed E-state index contributed by atoms with van der Waals surface area (Å²) in [6, 6.07) is 1.53. The summed E-state index contributed by atoms with van der Waals surface area (Å²) >= 11 is 1.99. The van der Waals surface area contributed by atoms with Gasteiger partial charge in [0.25, 0.3) is 0 Å². The number of pyridine rings is 1. The van der Waals surface area contributed by atoms with Crippen LogP contribution < -0.4 is 4.74 Å². The molecule has 0 aliphatic rings. The number of aromatic nitrogens is 1. The topological polar surface area (TPSA) is 59.4 Å². The van der Waals surface area contributed by atoms with Crippen molar-refractivity contribution in [3.05, 3.63) is 21.4 Å². The van der Waals surface area contributed by atoms with E-state index in [4.69, 9.17) is 9.84 Å². The second kappa shape index (κ2) is 4.40. The molecular formula is C8H8INO3. The second-order valence-corrected chi connectivity index (χ2v) is 3.41. The third-order valence-electron chi connectivity index (χ3n) is 1.34. The third kappa shape index (κ3) is 2.55. The van der Waals surface area contributed by atoms with E-state index in [1.165, 1.54) is 12.3 Å². The van der Waals surface area contributed by atoms with Gasteiger partial charge in [-0.15, -0.1) is 0 Å². The lowest BCUT2D eigenvalue weighted by Gasteiger charge is -2.04. The van der Waals surface area contributed by atoms with Gasteiger partial charge in [0.1, 0.15) is 0 Å². The lowest BCUT2D eigenvalue weighted by atomic mass is 10.3. The van der Waals surface area contributed by atoms with Crippen LogP contribution in [-0.4, -0.2) is 22.7 Å². The number of aromatic carboxylic acids is 1. The minimum Gasteiger partial charge on any atom is -0.478 e. The van der Waals surface area contributed by atoms with Gasteiger partial charge >= 0.3 is 5.97 Å². The van der Waals surface area contributed by atoms with Crippen LogP contribution in [0.1, 0.15) is 17.3 Å². The maximum Gasteiger partial charge on any atom is 0.337 e. The smallest absolute Gasteiger partial charge is 0.337 e. The molecule has 13 heavy (non-hydrogen) atoms. The van der Waals surface area contributed by atoms with Gasteiger partial charge in [-0.05, 0) is 35.6 Å². The van der Waals surface area contributed by atoms with E-state index in [-0.39, 0.29) is 5.56 Å². The SMILES string of the molecule is CCOc1ncc(C(=O)O)cc1I. The number of carboxylic acids is 1. The first kappa shape index (κ1) is 10.2. The Morgan fingerprint density at radius 3 is 2.92 bits per heavy atom. The molecule has 1 aromatic rings. The molecule has 0 aromatic carbocycles. The number of halogens is 1. The monoisotopic (exact) mass is 293 g/mol. The van der Waals surface area contributed by atoms with Crippen molar-refractivity contribution in [2.45, 2.75) is 6.92 Å². The summed E-state index contributed by atoms with van der Waals surface area (Å²) in [5.74, 6) is -0.499. The fourth-order valence-corrected chi connectivity index (χ4v) is 1.42. The minimum atomic E-state index is -0.978. The van der Waals surface area contributed by atoms with Gasteiger partial charge < -0.3 is 9.84 Å². The summed E-state index contributed by atoms with van der Waals surface area (Å²) in [6.45, 7) is 2.37. The number of ether oxygens (including phenoxy) is 1. The van der Waals surface area contributed by atoms with Crippen molar-refractivity contribution in [3.8, 4) is 5.88 Å². The number of carbonyl (C=O) groups is 1. The maximum absolute atomic E-state index is 10.5. The third-order valence-corrected chi connectivity index (χ3v) is 2.11. The molecule has 1 N–H and O–H groups in total. The van der Waals surface area contributed by atoms with E-state index in [1.807, 2.05) is 29.5 Å². The van der Waals surface area contributed by atoms with Crippen molar-refractivity contribution in [1.29, 1.82) is 0 Å². The normalized spacial score (nSPS) is 9.69. The van der Waals surface area contributed by atoms with E-state index in [9.17, 15) is 4.79 Å². The van der Waals surface area contributed by atoms with Gasteiger partial charge in [0.05, 0.1) is 15.7 Å². The lowest BCUT2D eigenvalue weighted by molar-refractivity contribution is 0.0696. The average molecular weight is 293 g/mol. The maximum atomic E-state index is 10.5. The van der Waals surface area contributed by atoms with Crippen LogP contribution in [0.25, 0.3) is 0 Å². The molecule has 0 bridgehead atoms. The van der Waals surface area contributed by atoms with Gasteiger partial charge in [-0.3, -0.25) is 0 Å². The summed E-state index contributed by atoms with van der Waals surface area (Å²) in [6.07, 6.45) is 1.29. The van der Waals surface area contributed by atoms with Crippen molar-refractivity contribution < 1.29 is 14.6 Å². The molecule has 0 unspecified atom stereocenters. The number of nitrogens with zero attached hydrogens (tertiary/aromatic N) is 1. The predicted octanol–water partition coefficient (Wildman–Crippen LogP) is 1.78. The van der Waals surface area contributed by atoms with Gasteiger partial charge in [-0.2, -0.15) is 0 Å². The molecule has 1 heterocycles. The molecule has 0 aliphatic heterocycles. The summed E-state index contributed by atoms with van der Waals surface area (Å²) < 4.78 is 5.87. The quantitative estimate of drug-likeness (QED) is 0.863. The molecule has 0 fully saturated rings. The fourth-order valence-electron chi connectivity index (χ4n) is 0.785. The number of hydrogen-bond acceptors (Lipinski definition) is 3. The van der Waals surface area contributed by atoms with E-state index >= 15 is 0 Å².